The molecular formula is C14H24N4O. The molecule has 0 aliphatic heterocycles. The fourth-order valence-corrected chi connectivity index (χ4v) is 1.70. The highest BCUT2D eigenvalue weighted by Crippen LogP contribution is 2.13. The van der Waals surface area contributed by atoms with Gasteiger partial charge in [-0.15, -0.1) is 0 Å². The monoisotopic (exact) mass is 264 g/mol. The smallest absolute Gasteiger partial charge is 0.189 e. The summed E-state index contributed by atoms with van der Waals surface area (Å²) in [5.41, 5.74) is 8.12. The van der Waals surface area contributed by atoms with E-state index in [9.17, 15) is 0 Å². The van der Waals surface area contributed by atoms with Gasteiger partial charge < -0.3 is 20.7 Å². The maximum absolute atomic E-state index is 5.82. The summed E-state index contributed by atoms with van der Waals surface area (Å²) in [7, 11) is 5.70. The molecule has 0 radical (unpaired) electrons. The van der Waals surface area contributed by atoms with Gasteiger partial charge in [-0.3, -0.25) is 0 Å². The first-order valence-electron chi connectivity index (χ1n) is 6.34. The minimum atomic E-state index is 0.154. The Hall–Kier alpha value is -1.75. The van der Waals surface area contributed by atoms with Crippen LogP contribution in [0.15, 0.2) is 29.3 Å². The number of benzene rings is 1. The lowest BCUT2D eigenvalue weighted by Crippen LogP contribution is -2.40. The van der Waals surface area contributed by atoms with E-state index in [4.69, 9.17) is 10.5 Å². The summed E-state index contributed by atoms with van der Waals surface area (Å²) in [6.45, 7) is 3.17. The molecule has 0 aliphatic carbocycles. The molecule has 0 aromatic heterocycles. The summed E-state index contributed by atoms with van der Waals surface area (Å²) in [4.78, 5) is 6.39. The largest absolute Gasteiger partial charge is 0.383 e. The van der Waals surface area contributed by atoms with Crippen LogP contribution in [-0.2, 0) is 11.3 Å². The number of guanidine groups is 1. The molecule has 0 saturated heterocycles. The van der Waals surface area contributed by atoms with Crippen LogP contribution in [0.4, 0.5) is 5.69 Å². The Balaban J connectivity index is 2.57. The second-order valence-corrected chi connectivity index (χ2v) is 4.77. The van der Waals surface area contributed by atoms with Crippen molar-refractivity contribution in [1.82, 2.24) is 5.32 Å². The van der Waals surface area contributed by atoms with E-state index in [2.05, 4.69) is 27.3 Å². The number of anilines is 1. The number of hydrogen-bond donors (Lipinski definition) is 2. The van der Waals surface area contributed by atoms with Crippen molar-refractivity contribution in [2.75, 3.05) is 32.7 Å². The molecule has 5 heteroatoms. The van der Waals surface area contributed by atoms with Crippen LogP contribution in [0.5, 0.6) is 0 Å². The van der Waals surface area contributed by atoms with Crippen molar-refractivity contribution in [1.29, 1.82) is 0 Å². The molecule has 1 atom stereocenters. The topological polar surface area (TPSA) is 62.9 Å². The van der Waals surface area contributed by atoms with Crippen LogP contribution in [0.2, 0.25) is 0 Å². The zero-order chi connectivity index (χ0) is 14.3. The number of aliphatic imine (C=N–C) groups is 1. The van der Waals surface area contributed by atoms with Crippen molar-refractivity contribution in [3.8, 4) is 0 Å². The zero-order valence-electron chi connectivity index (χ0n) is 12.2. The van der Waals surface area contributed by atoms with E-state index < -0.39 is 0 Å². The lowest BCUT2D eigenvalue weighted by Gasteiger charge is -2.14. The van der Waals surface area contributed by atoms with Crippen molar-refractivity contribution in [2.45, 2.75) is 19.5 Å². The van der Waals surface area contributed by atoms with Crippen molar-refractivity contribution in [3.05, 3.63) is 29.8 Å². The molecule has 5 nitrogen and oxygen atoms in total. The van der Waals surface area contributed by atoms with Crippen molar-refractivity contribution in [2.24, 2.45) is 10.7 Å². The third kappa shape index (κ3) is 5.61. The lowest BCUT2D eigenvalue weighted by molar-refractivity contribution is 0.179. The molecule has 0 fully saturated rings. The molecule has 0 aliphatic rings. The summed E-state index contributed by atoms with van der Waals surface area (Å²) in [6.07, 6.45) is 0. The Morgan fingerprint density at radius 2 is 2.21 bits per heavy atom. The molecule has 1 aromatic carbocycles. The number of nitrogens with two attached hydrogens (primary N) is 1. The second kappa shape index (κ2) is 7.63. The van der Waals surface area contributed by atoms with Crippen LogP contribution in [0, 0.1) is 0 Å². The molecule has 1 rings (SSSR count). The van der Waals surface area contributed by atoms with E-state index in [0.29, 0.717) is 19.1 Å². The molecule has 1 unspecified atom stereocenters. The fraction of sp³-hybridized carbons (Fsp3) is 0.500. The Morgan fingerprint density at radius 1 is 1.47 bits per heavy atom. The van der Waals surface area contributed by atoms with E-state index in [0.717, 1.165) is 11.3 Å². The van der Waals surface area contributed by atoms with Gasteiger partial charge in [-0.1, -0.05) is 12.1 Å². The van der Waals surface area contributed by atoms with Gasteiger partial charge in [-0.25, -0.2) is 4.99 Å². The van der Waals surface area contributed by atoms with Gasteiger partial charge in [0, 0.05) is 32.9 Å². The van der Waals surface area contributed by atoms with E-state index in [1.54, 1.807) is 7.11 Å². The number of nitrogens with zero attached hydrogens (tertiary/aromatic N) is 2. The molecule has 106 valence electrons. The Kier molecular flexibility index (Phi) is 6.15. The molecule has 19 heavy (non-hydrogen) atoms. The lowest BCUT2D eigenvalue weighted by atomic mass is 10.2. The zero-order valence-corrected chi connectivity index (χ0v) is 12.2. The molecule has 0 bridgehead atoms. The molecule has 1 aromatic rings. The number of ether oxygens (including phenoxy) is 1. The normalized spacial score (nSPS) is 13.2. The quantitative estimate of drug-likeness (QED) is 0.598. The first kappa shape index (κ1) is 15.3. The fourth-order valence-electron chi connectivity index (χ4n) is 1.70. The van der Waals surface area contributed by atoms with Gasteiger partial charge in [-0.2, -0.15) is 0 Å². The molecule has 0 spiro atoms. The van der Waals surface area contributed by atoms with Gasteiger partial charge in [0.1, 0.15) is 0 Å². The van der Waals surface area contributed by atoms with Gasteiger partial charge >= 0.3 is 0 Å². The summed E-state index contributed by atoms with van der Waals surface area (Å²) in [5.74, 6) is 0.444. The Morgan fingerprint density at radius 3 is 2.84 bits per heavy atom. The molecule has 3 N–H and O–H groups in total. The third-order valence-electron chi connectivity index (χ3n) is 2.67. The summed E-state index contributed by atoms with van der Waals surface area (Å²) >= 11 is 0. The van der Waals surface area contributed by atoms with Gasteiger partial charge in [0.05, 0.1) is 13.2 Å². The van der Waals surface area contributed by atoms with Gasteiger partial charge in [0.2, 0.25) is 0 Å². The minimum Gasteiger partial charge on any atom is -0.383 e. The highest BCUT2D eigenvalue weighted by molar-refractivity contribution is 5.78. The van der Waals surface area contributed by atoms with Gasteiger partial charge in [-0.05, 0) is 24.6 Å². The summed E-state index contributed by atoms with van der Waals surface area (Å²) in [5, 5.41) is 3.08. The van der Waals surface area contributed by atoms with Crippen LogP contribution < -0.4 is 16.0 Å². The van der Waals surface area contributed by atoms with Crippen LogP contribution in [0.25, 0.3) is 0 Å². The van der Waals surface area contributed by atoms with Crippen molar-refractivity contribution in [3.63, 3.8) is 0 Å². The predicted molar refractivity (Wildman–Crippen MR) is 80.6 cm³/mol. The average Bonchev–Trinajstić information content (AvgIpc) is 2.37. The maximum Gasteiger partial charge on any atom is 0.189 e. The van der Waals surface area contributed by atoms with Gasteiger partial charge in [0.15, 0.2) is 5.96 Å². The van der Waals surface area contributed by atoms with Crippen LogP contribution >= 0.6 is 0 Å². The number of methoxy groups -OCH3 is 1. The molecule has 0 amide bonds. The van der Waals surface area contributed by atoms with Crippen LogP contribution in [0.1, 0.15) is 12.5 Å². The second-order valence-electron chi connectivity index (χ2n) is 4.77. The standard InChI is InChI=1S/C14H24N4O/c1-11(10-19-4)17-14(15)16-9-12-6-5-7-13(8-12)18(2)3/h5-8,11H,9-10H2,1-4H3,(H3,15,16,17). The molecular weight excluding hydrogens is 240 g/mol. The SMILES string of the molecule is COCC(C)NC(N)=NCc1cccc(N(C)C)c1. The Labute approximate surface area is 115 Å². The first-order valence-corrected chi connectivity index (χ1v) is 6.34. The number of nitrogens with one attached hydrogen (secondary N) is 1. The highest BCUT2D eigenvalue weighted by atomic mass is 16.5. The third-order valence-corrected chi connectivity index (χ3v) is 2.67. The molecule has 0 heterocycles. The maximum atomic E-state index is 5.82. The van der Waals surface area contributed by atoms with Crippen molar-refractivity contribution >= 4 is 11.6 Å². The van der Waals surface area contributed by atoms with Crippen LogP contribution in [-0.4, -0.2) is 39.8 Å². The van der Waals surface area contributed by atoms with Crippen LogP contribution in [0.3, 0.4) is 0 Å². The van der Waals surface area contributed by atoms with E-state index in [-0.39, 0.29) is 6.04 Å². The Bertz CT molecular complexity index is 418. The van der Waals surface area contributed by atoms with Gasteiger partial charge in [0.25, 0.3) is 0 Å². The van der Waals surface area contributed by atoms with E-state index >= 15 is 0 Å². The van der Waals surface area contributed by atoms with Crippen molar-refractivity contribution < 1.29 is 4.74 Å². The average molecular weight is 264 g/mol. The number of hydrogen-bond acceptors (Lipinski definition) is 3. The summed E-state index contributed by atoms with van der Waals surface area (Å²) < 4.78 is 5.03. The summed E-state index contributed by atoms with van der Waals surface area (Å²) in [6, 6.07) is 8.40. The van der Waals surface area contributed by atoms with E-state index in [1.165, 1.54) is 0 Å². The number of rotatable bonds is 6. The minimum absolute atomic E-state index is 0.154. The highest BCUT2D eigenvalue weighted by Gasteiger charge is 2.02. The first-order chi connectivity index (χ1) is 9.02. The predicted octanol–water partition coefficient (Wildman–Crippen LogP) is 1.19. The van der Waals surface area contributed by atoms with E-state index in [1.807, 2.05) is 33.2 Å². The molecule has 0 saturated carbocycles.